The Bertz CT molecular complexity index is 682. The van der Waals surface area contributed by atoms with E-state index in [0.717, 1.165) is 6.26 Å². The van der Waals surface area contributed by atoms with Gasteiger partial charge in [0, 0.05) is 25.7 Å². The highest BCUT2D eigenvalue weighted by Gasteiger charge is 2.16. The highest BCUT2D eigenvalue weighted by molar-refractivity contribution is 7.88. The molecule has 22 heavy (non-hydrogen) atoms. The summed E-state index contributed by atoms with van der Waals surface area (Å²) in [5.41, 5.74) is 0.354. The Labute approximate surface area is 129 Å². The van der Waals surface area contributed by atoms with E-state index < -0.39 is 14.9 Å². The fourth-order valence-corrected chi connectivity index (χ4v) is 2.87. The lowest BCUT2D eigenvalue weighted by atomic mass is 10.2. The normalized spacial score (nSPS) is 11.2. The molecule has 0 aliphatic heterocycles. The standard InChI is InChI=1S/C13H18N4O4S/c1-3-16(22(2,20)21)8-4-7-15-12-6-5-11(10-14)9-13(12)17(18)19/h5-6,9,15H,3-4,7-8H2,1-2H3. The van der Waals surface area contributed by atoms with E-state index in [2.05, 4.69) is 5.32 Å². The van der Waals surface area contributed by atoms with Crippen molar-refractivity contribution in [3.63, 3.8) is 0 Å². The van der Waals surface area contributed by atoms with E-state index in [4.69, 9.17) is 5.26 Å². The first-order valence-electron chi connectivity index (χ1n) is 6.67. The van der Waals surface area contributed by atoms with Gasteiger partial charge in [0.15, 0.2) is 0 Å². The molecule has 1 rings (SSSR count). The van der Waals surface area contributed by atoms with Crippen molar-refractivity contribution in [3.8, 4) is 6.07 Å². The topological polar surface area (TPSA) is 116 Å². The Balaban J connectivity index is 2.66. The summed E-state index contributed by atoms with van der Waals surface area (Å²) in [5, 5.41) is 22.6. The molecule has 1 aromatic rings. The second kappa shape index (κ2) is 7.72. The van der Waals surface area contributed by atoms with Crippen LogP contribution in [0.25, 0.3) is 0 Å². The Kier molecular flexibility index (Phi) is 6.27. The molecule has 0 aliphatic carbocycles. The summed E-state index contributed by atoms with van der Waals surface area (Å²) >= 11 is 0. The molecule has 1 N–H and O–H groups in total. The monoisotopic (exact) mass is 326 g/mol. The number of hydrogen-bond donors (Lipinski definition) is 1. The molecule has 1 aromatic carbocycles. The zero-order valence-electron chi connectivity index (χ0n) is 12.4. The number of nitrogens with one attached hydrogen (secondary N) is 1. The number of anilines is 1. The number of nitrogens with zero attached hydrogens (tertiary/aromatic N) is 3. The van der Waals surface area contributed by atoms with Crippen LogP contribution >= 0.6 is 0 Å². The molecule has 0 heterocycles. The van der Waals surface area contributed by atoms with Crippen molar-refractivity contribution in [2.24, 2.45) is 0 Å². The zero-order valence-corrected chi connectivity index (χ0v) is 13.3. The van der Waals surface area contributed by atoms with Gasteiger partial charge in [-0.25, -0.2) is 12.7 Å². The first kappa shape index (κ1) is 17.9. The molecule has 9 heteroatoms. The Morgan fingerprint density at radius 2 is 2.14 bits per heavy atom. The van der Waals surface area contributed by atoms with E-state index in [1.807, 2.05) is 6.07 Å². The summed E-state index contributed by atoms with van der Waals surface area (Å²) < 4.78 is 24.2. The molecule has 8 nitrogen and oxygen atoms in total. The van der Waals surface area contributed by atoms with E-state index in [1.54, 1.807) is 6.92 Å². The summed E-state index contributed by atoms with van der Waals surface area (Å²) in [7, 11) is -3.23. The predicted octanol–water partition coefficient (Wildman–Crippen LogP) is 1.55. The molecule has 0 spiro atoms. The lowest BCUT2D eigenvalue weighted by Gasteiger charge is -2.17. The molecule has 0 saturated heterocycles. The molecule has 0 unspecified atom stereocenters. The van der Waals surface area contributed by atoms with Crippen LogP contribution in [0.15, 0.2) is 18.2 Å². The quantitative estimate of drug-likeness (QED) is 0.440. The minimum absolute atomic E-state index is 0.172. The predicted molar refractivity (Wildman–Crippen MR) is 83.0 cm³/mol. The van der Waals surface area contributed by atoms with Gasteiger partial charge in [-0.2, -0.15) is 5.26 Å². The van der Waals surface area contributed by atoms with Gasteiger partial charge in [0.1, 0.15) is 5.69 Å². The molecule has 120 valence electrons. The maximum absolute atomic E-state index is 11.4. The van der Waals surface area contributed by atoms with E-state index in [9.17, 15) is 18.5 Å². The van der Waals surface area contributed by atoms with Crippen molar-refractivity contribution >= 4 is 21.4 Å². The van der Waals surface area contributed by atoms with Gasteiger partial charge in [-0.15, -0.1) is 0 Å². The summed E-state index contributed by atoms with van der Waals surface area (Å²) in [6.45, 7) is 2.86. The smallest absolute Gasteiger partial charge is 0.293 e. The van der Waals surface area contributed by atoms with Gasteiger partial charge >= 0.3 is 0 Å². The molecule has 0 atom stereocenters. The van der Waals surface area contributed by atoms with Gasteiger partial charge in [0.25, 0.3) is 5.69 Å². The number of rotatable bonds is 8. The highest BCUT2D eigenvalue weighted by atomic mass is 32.2. The van der Waals surface area contributed by atoms with Gasteiger partial charge in [-0.05, 0) is 18.6 Å². The largest absolute Gasteiger partial charge is 0.379 e. The van der Waals surface area contributed by atoms with Crippen molar-refractivity contribution in [1.82, 2.24) is 4.31 Å². The van der Waals surface area contributed by atoms with Crippen LogP contribution in [-0.4, -0.2) is 43.5 Å². The lowest BCUT2D eigenvalue weighted by Crippen LogP contribution is -2.31. The van der Waals surface area contributed by atoms with E-state index in [0.29, 0.717) is 31.7 Å². The molecular weight excluding hydrogens is 308 g/mol. The second-order valence-electron chi connectivity index (χ2n) is 4.64. The Hall–Kier alpha value is -2.18. The van der Waals surface area contributed by atoms with Gasteiger partial charge in [0.2, 0.25) is 10.0 Å². The molecule has 0 fully saturated rings. The van der Waals surface area contributed by atoms with Crippen molar-refractivity contribution in [3.05, 3.63) is 33.9 Å². The minimum atomic E-state index is -3.23. The second-order valence-corrected chi connectivity index (χ2v) is 6.62. The molecule has 0 aromatic heterocycles. The summed E-state index contributed by atoms with van der Waals surface area (Å²) in [5.74, 6) is 0. The molecule has 0 amide bonds. The molecule has 0 radical (unpaired) electrons. The van der Waals surface area contributed by atoms with E-state index >= 15 is 0 Å². The summed E-state index contributed by atoms with van der Waals surface area (Å²) in [4.78, 5) is 10.4. The Morgan fingerprint density at radius 1 is 1.45 bits per heavy atom. The maximum Gasteiger partial charge on any atom is 0.293 e. The van der Waals surface area contributed by atoms with Crippen molar-refractivity contribution in [2.45, 2.75) is 13.3 Å². The van der Waals surface area contributed by atoms with Crippen LogP contribution in [0.1, 0.15) is 18.9 Å². The third-order valence-corrected chi connectivity index (χ3v) is 4.42. The number of hydrogen-bond acceptors (Lipinski definition) is 6. The first-order chi connectivity index (χ1) is 10.3. The van der Waals surface area contributed by atoms with Crippen LogP contribution in [0.5, 0.6) is 0 Å². The van der Waals surface area contributed by atoms with Crippen LogP contribution in [0.4, 0.5) is 11.4 Å². The highest BCUT2D eigenvalue weighted by Crippen LogP contribution is 2.25. The van der Waals surface area contributed by atoms with E-state index in [-0.39, 0.29) is 11.3 Å². The number of nitro benzene ring substituents is 1. The number of sulfonamides is 1. The maximum atomic E-state index is 11.4. The number of nitro groups is 1. The van der Waals surface area contributed by atoms with Gasteiger partial charge < -0.3 is 5.32 Å². The number of nitriles is 1. The summed E-state index contributed by atoms with van der Waals surface area (Å²) in [6.07, 6.45) is 1.66. The van der Waals surface area contributed by atoms with Crippen molar-refractivity contribution in [2.75, 3.05) is 31.2 Å². The van der Waals surface area contributed by atoms with Crippen LogP contribution in [0.2, 0.25) is 0 Å². The lowest BCUT2D eigenvalue weighted by molar-refractivity contribution is -0.384. The first-order valence-corrected chi connectivity index (χ1v) is 8.52. The fourth-order valence-electron chi connectivity index (χ4n) is 1.94. The third kappa shape index (κ3) is 4.98. The number of benzene rings is 1. The molecule has 0 bridgehead atoms. The van der Waals surface area contributed by atoms with Crippen LogP contribution < -0.4 is 5.32 Å². The van der Waals surface area contributed by atoms with Crippen molar-refractivity contribution < 1.29 is 13.3 Å². The van der Waals surface area contributed by atoms with Gasteiger partial charge in [-0.3, -0.25) is 10.1 Å². The molecule has 0 aliphatic rings. The fraction of sp³-hybridized carbons (Fsp3) is 0.462. The molecular formula is C13H18N4O4S. The third-order valence-electron chi connectivity index (χ3n) is 3.04. The molecule has 0 saturated carbocycles. The van der Waals surface area contributed by atoms with Crippen LogP contribution in [0, 0.1) is 21.4 Å². The zero-order chi connectivity index (χ0) is 16.8. The average molecular weight is 326 g/mol. The average Bonchev–Trinajstić information content (AvgIpc) is 2.45. The summed E-state index contributed by atoms with van der Waals surface area (Å²) in [6, 6.07) is 6.02. The van der Waals surface area contributed by atoms with Crippen LogP contribution in [0.3, 0.4) is 0 Å². The van der Waals surface area contributed by atoms with Gasteiger partial charge in [0.05, 0.1) is 22.8 Å². The minimum Gasteiger partial charge on any atom is -0.379 e. The van der Waals surface area contributed by atoms with Gasteiger partial charge in [-0.1, -0.05) is 6.92 Å². The SMILES string of the molecule is CCN(CCCNc1ccc(C#N)cc1[N+](=O)[O-])S(C)(=O)=O. The van der Waals surface area contributed by atoms with Crippen LogP contribution in [-0.2, 0) is 10.0 Å². The van der Waals surface area contributed by atoms with Crippen molar-refractivity contribution in [1.29, 1.82) is 5.26 Å². The Morgan fingerprint density at radius 3 is 2.64 bits per heavy atom. The van der Waals surface area contributed by atoms with E-state index in [1.165, 1.54) is 22.5 Å².